The second kappa shape index (κ2) is 9.36. The van der Waals surface area contributed by atoms with Crippen LogP contribution in [0.4, 0.5) is 0 Å². The van der Waals surface area contributed by atoms with Crippen molar-refractivity contribution < 1.29 is 9.53 Å². The fourth-order valence-electron chi connectivity index (χ4n) is 3.03. The number of hydrogen-bond acceptors (Lipinski definition) is 3. The van der Waals surface area contributed by atoms with Crippen LogP contribution in [0.25, 0.3) is 0 Å². The van der Waals surface area contributed by atoms with Crippen LogP contribution in [0.2, 0.25) is 5.02 Å². The molecule has 0 bridgehead atoms. The number of benzene rings is 1. The summed E-state index contributed by atoms with van der Waals surface area (Å²) in [5, 5.41) is 3.66. The minimum atomic E-state index is -0.189. The first kappa shape index (κ1) is 19.2. The van der Waals surface area contributed by atoms with Gasteiger partial charge in [-0.1, -0.05) is 30.2 Å². The smallest absolute Gasteiger partial charge is 0.223 e. The van der Waals surface area contributed by atoms with Crippen molar-refractivity contribution >= 4 is 29.9 Å². The fourth-order valence-corrected chi connectivity index (χ4v) is 3.23. The molecule has 0 heterocycles. The first-order chi connectivity index (χ1) is 10.2. The van der Waals surface area contributed by atoms with E-state index in [9.17, 15) is 4.79 Å². The number of rotatable bonds is 6. The van der Waals surface area contributed by atoms with Crippen LogP contribution < -0.4 is 11.1 Å². The van der Waals surface area contributed by atoms with Crippen LogP contribution in [0.15, 0.2) is 24.3 Å². The van der Waals surface area contributed by atoms with Crippen molar-refractivity contribution in [2.75, 3.05) is 20.2 Å². The van der Waals surface area contributed by atoms with Gasteiger partial charge in [0.1, 0.15) is 0 Å². The zero-order chi connectivity index (χ0) is 15.2. The summed E-state index contributed by atoms with van der Waals surface area (Å²) in [5.41, 5.74) is 6.70. The van der Waals surface area contributed by atoms with E-state index in [-0.39, 0.29) is 30.3 Å². The minimum Gasteiger partial charge on any atom is -0.375 e. The number of nitrogens with two attached hydrogens (primary N) is 1. The monoisotopic (exact) mass is 346 g/mol. The lowest BCUT2D eigenvalue weighted by atomic mass is 9.95. The molecule has 6 heteroatoms. The van der Waals surface area contributed by atoms with Crippen molar-refractivity contribution in [3.63, 3.8) is 0 Å². The highest BCUT2D eigenvalue weighted by molar-refractivity contribution is 6.30. The van der Waals surface area contributed by atoms with Gasteiger partial charge in [-0.2, -0.15) is 0 Å². The average Bonchev–Trinajstić information content (AvgIpc) is 2.96. The average molecular weight is 347 g/mol. The molecule has 0 saturated heterocycles. The number of carbonyl (C=O) groups excluding carboxylic acids is 1. The third kappa shape index (κ3) is 4.85. The number of methoxy groups -OCH3 is 1. The van der Waals surface area contributed by atoms with E-state index >= 15 is 0 Å². The molecule has 2 rings (SSSR count). The Balaban J connectivity index is 0.00000242. The maximum atomic E-state index is 12.3. The van der Waals surface area contributed by atoms with E-state index in [4.69, 9.17) is 22.1 Å². The van der Waals surface area contributed by atoms with Gasteiger partial charge in [0, 0.05) is 24.6 Å². The summed E-state index contributed by atoms with van der Waals surface area (Å²) in [4.78, 5) is 12.3. The molecule has 1 unspecified atom stereocenters. The molecular weight excluding hydrogens is 323 g/mol. The molecule has 124 valence electrons. The summed E-state index contributed by atoms with van der Waals surface area (Å²) in [6.07, 6.45) is 2.88. The van der Waals surface area contributed by atoms with E-state index < -0.39 is 0 Å². The second-order valence-corrected chi connectivity index (χ2v) is 5.99. The number of nitrogens with one attached hydrogen (secondary N) is 1. The Hall–Kier alpha value is -0.810. The van der Waals surface area contributed by atoms with Crippen LogP contribution in [0.5, 0.6) is 0 Å². The van der Waals surface area contributed by atoms with E-state index in [2.05, 4.69) is 5.32 Å². The van der Waals surface area contributed by atoms with Crippen molar-refractivity contribution in [3.05, 3.63) is 34.9 Å². The zero-order valence-electron chi connectivity index (χ0n) is 12.8. The van der Waals surface area contributed by atoms with Gasteiger partial charge in [0.15, 0.2) is 0 Å². The highest BCUT2D eigenvalue weighted by Gasteiger charge is 2.32. The van der Waals surface area contributed by atoms with Gasteiger partial charge < -0.3 is 15.8 Å². The molecule has 1 saturated carbocycles. The quantitative estimate of drug-likeness (QED) is 0.832. The summed E-state index contributed by atoms with van der Waals surface area (Å²) >= 11 is 5.99. The Labute approximate surface area is 143 Å². The Morgan fingerprint density at radius 2 is 2.27 bits per heavy atom. The molecular formula is C16H24Cl2N2O2. The summed E-state index contributed by atoms with van der Waals surface area (Å²) in [5.74, 6) is 0.455. The van der Waals surface area contributed by atoms with E-state index in [1.54, 1.807) is 7.11 Å². The molecule has 1 aromatic carbocycles. The molecule has 1 aliphatic rings. The highest BCUT2D eigenvalue weighted by atomic mass is 35.5. The number of halogens is 2. The lowest BCUT2D eigenvalue weighted by molar-refractivity contribution is -0.126. The van der Waals surface area contributed by atoms with E-state index in [0.717, 1.165) is 24.8 Å². The Morgan fingerprint density at radius 1 is 1.50 bits per heavy atom. The molecule has 0 spiro atoms. The maximum absolute atomic E-state index is 12.3. The van der Waals surface area contributed by atoms with Gasteiger partial charge in [0.05, 0.1) is 6.10 Å². The predicted molar refractivity (Wildman–Crippen MR) is 91.3 cm³/mol. The third-order valence-electron chi connectivity index (χ3n) is 4.27. The van der Waals surface area contributed by atoms with Crippen molar-refractivity contribution in [3.8, 4) is 0 Å². The molecule has 3 N–H and O–H groups in total. The summed E-state index contributed by atoms with van der Waals surface area (Å²) in [7, 11) is 1.63. The molecule has 1 amide bonds. The molecule has 1 aliphatic carbocycles. The Morgan fingerprint density at radius 3 is 2.91 bits per heavy atom. The van der Waals surface area contributed by atoms with Crippen LogP contribution in [0, 0.1) is 11.8 Å². The van der Waals surface area contributed by atoms with Crippen LogP contribution in [0.3, 0.4) is 0 Å². The van der Waals surface area contributed by atoms with Crippen molar-refractivity contribution in [1.29, 1.82) is 0 Å². The van der Waals surface area contributed by atoms with E-state index in [1.807, 2.05) is 24.3 Å². The molecule has 1 aromatic rings. The van der Waals surface area contributed by atoms with Gasteiger partial charge in [-0.15, -0.1) is 12.4 Å². The third-order valence-corrected chi connectivity index (χ3v) is 4.50. The second-order valence-electron chi connectivity index (χ2n) is 5.56. The molecule has 1 fully saturated rings. The van der Waals surface area contributed by atoms with Gasteiger partial charge in [-0.3, -0.25) is 4.79 Å². The van der Waals surface area contributed by atoms with Crippen LogP contribution in [0.1, 0.15) is 30.9 Å². The van der Waals surface area contributed by atoms with Gasteiger partial charge in [0.25, 0.3) is 0 Å². The molecule has 3 atom stereocenters. The van der Waals surface area contributed by atoms with Gasteiger partial charge in [0.2, 0.25) is 5.91 Å². The summed E-state index contributed by atoms with van der Waals surface area (Å²) in [6.45, 7) is 1.03. The molecule has 0 radical (unpaired) electrons. The zero-order valence-corrected chi connectivity index (χ0v) is 14.3. The first-order valence-corrected chi connectivity index (χ1v) is 7.79. The lowest BCUT2D eigenvalue weighted by Gasteiger charge is -2.21. The van der Waals surface area contributed by atoms with Crippen molar-refractivity contribution in [1.82, 2.24) is 5.32 Å². The number of carbonyl (C=O) groups is 1. The van der Waals surface area contributed by atoms with Crippen LogP contribution in [-0.2, 0) is 9.53 Å². The number of ether oxygens (including phenoxy) is 1. The molecule has 22 heavy (non-hydrogen) atoms. The number of amides is 1. The van der Waals surface area contributed by atoms with Crippen molar-refractivity contribution in [2.24, 2.45) is 17.6 Å². The first-order valence-electron chi connectivity index (χ1n) is 7.41. The summed E-state index contributed by atoms with van der Waals surface area (Å²) < 4.78 is 5.46. The topological polar surface area (TPSA) is 64.3 Å². The standard InChI is InChI=1S/C16H23ClN2O2.ClH/c1-21-15(11-4-2-6-13(17)8-11)10-19-16(20)14-7-3-5-12(14)9-18;/h2,4,6,8,12,14-15H,3,5,7,9-10,18H2,1H3,(H,19,20);1H/t12-,14-,15?;/m1./s1. The largest absolute Gasteiger partial charge is 0.375 e. The maximum Gasteiger partial charge on any atom is 0.223 e. The molecule has 0 aliphatic heterocycles. The molecule has 0 aromatic heterocycles. The van der Waals surface area contributed by atoms with Crippen LogP contribution in [-0.4, -0.2) is 26.1 Å². The van der Waals surface area contributed by atoms with Crippen LogP contribution >= 0.6 is 24.0 Å². The van der Waals surface area contributed by atoms with Gasteiger partial charge in [-0.05, 0) is 43.0 Å². The number of hydrogen-bond donors (Lipinski definition) is 2. The SMILES string of the molecule is COC(CNC(=O)[C@@H]1CCC[C@@H]1CN)c1cccc(Cl)c1.Cl. The summed E-state index contributed by atoms with van der Waals surface area (Å²) in [6, 6.07) is 7.51. The minimum absolute atomic E-state index is 0. The lowest BCUT2D eigenvalue weighted by Crippen LogP contribution is -2.37. The predicted octanol–water partition coefficient (Wildman–Crippen LogP) is 2.94. The van der Waals surface area contributed by atoms with Gasteiger partial charge >= 0.3 is 0 Å². The van der Waals surface area contributed by atoms with E-state index in [0.29, 0.717) is 24.0 Å². The van der Waals surface area contributed by atoms with E-state index in [1.165, 1.54) is 0 Å². The Kier molecular flexibility index (Phi) is 8.18. The fraction of sp³-hybridized carbons (Fsp3) is 0.562. The highest BCUT2D eigenvalue weighted by Crippen LogP contribution is 2.31. The van der Waals surface area contributed by atoms with Gasteiger partial charge in [-0.25, -0.2) is 0 Å². The molecule has 4 nitrogen and oxygen atoms in total. The normalized spacial score (nSPS) is 22.0. The Bertz CT molecular complexity index is 485. The van der Waals surface area contributed by atoms with Crippen molar-refractivity contribution in [2.45, 2.75) is 25.4 Å².